The van der Waals surface area contributed by atoms with E-state index in [1.54, 1.807) is 0 Å². The number of thiazole rings is 1. The van der Waals surface area contributed by atoms with E-state index in [1.807, 2.05) is 6.07 Å². The van der Waals surface area contributed by atoms with Crippen molar-refractivity contribution in [3.8, 4) is 17.0 Å². The Morgan fingerprint density at radius 2 is 1.96 bits per heavy atom. The lowest BCUT2D eigenvalue weighted by Gasteiger charge is -2.31. The van der Waals surface area contributed by atoms with Crippen molar-refractivity contribution in [1.29, 1.82) is 0 Å². The standard InChI is InChI=1S/C20H21N3OS/c1-13-3-5-15(6-4-13)12-23-9-10-24-18-8-7-16(11-17(18)23)19-14(2)25-20(21)22-19/h3-8,11H,9-10,12H2,1-2H3,(H2,21,22). The van der Waals surface area contributed by atoms with Crippen LogP contribution in [0.4, 0.5) is 10.8 Å². The van der Waals surface area contributed by atoms with Crippen LogP contribution < -0.4 is 15.4 Å². The molecule has 5 heteroatoms. The van der Waals surface area contributed by atoms with Crippen molar-refractivity contribution in [2.24, 2.45) is 0 Å². The molecule has 0 atom stereocenters. The van der Waals surface area contributed by atoms with Crippen LogP contribution in [0.15, 0.2) is 42.5 Å². The molecule has 2 heterocycles. The van der Waals surface area contributed by atoms with Crippen LogP contribution >= 0.6 is 11.3 Å². The largest absolute Gasteiger partial charge is 0.490 e. The van der Waals surface area contributed by atoms with Crippen molar-refractivity contribution in [3.05, 3.63) is 58.5 Å². The van der Waals surface area contributed by atoms with E-state index in [9.17, 15) is 0 Å². The van der Waals surface area contributed by atoms with Crippen molar-refractivity contribution in [2.45, 2.75) is 20.4 Å². The maximum Gasteiger partial charge on any atom is 0.180 e. The molecule has 0 saturated carbocycles. The Morgan fingerprint density at radius 3 is 2.68 bits per heavy atom. The van der Waals surface area contributed by atoms with E-state index in [-0.39, 0.29) is 0 Å². The summed E-state index contributed by atoms with van der Waals surface area (Å²) >= 11 is 1.53. The molecule has 1 aromatic heterocycles. The number of aryl methyl sites for hydroxylation is 2. The Kier molecular flexibility index (Phi) is 4.09. The lowest BCUT2D eigenvalue weighted by molar-refractivity contribution is 0.307. The molecular formula is C20H21N3OS. The molecular weight excluding hydrogens is 330 g/mol. The molecule has 0 unspecified atom stereocenters. The highest BCUT2D eigenvalue weighted by molar-refractivity contribution is 7.15. The van der Waals surface area contributed by atoms with Crippen molar-refractivity contribution in [1.82, 2.24) is 4.98 Å². The maximum atomic E-state index is 5.87. The van der Waals surface area contributed by atoms with E-state index in [0.29, 0.717) is 11.7 Å². The minimum atomic E-state index is 0.609. The number of rotatable bonds is 3. The minimum absolute atomic E-state index is 0.609. The molecule has 0 aliphatic carbocycles. The molecule has 0 radical (unpaired) electrons. The van der Waals surface area contributed by atoms with E-state index >= 15 is 0 Å². The van der Waals surface area contributed by atoms with Gasteiger partial charge in [-0.25, -0.2) is 4.98 Å². The fraction of sp³-hybridized carbons (Fsp3) is 0.250. The maximum absolute atomic E-state index is 5.87. The monoisotopic (exact) mass is 351 g/mol. The molecule has 4 nitrogen and oxygen atoms in total. The summed E-state index contributed by atoms with van der Waals surface area (Å²) in [5.74, 6) is 0.933. The van der Waals surface area contributed by atoms with Crippen LogP contribution in [-0.4, -0.2) is 18.1 Å². The molecule has 3 aromatic rings. The molecule has 0 spiro atoms. The van der Waals surface area contributed by atoms with E-state index in [0.717, 1.165) is 40.7 Å². The lowest BCUT2D eigenvalue weighted by atomic mass is 10.1. The van der Waals surface area contributed by atoms with Crippen LogP contribution in [0.3, 0.4) is 0 Å². The molecule has 25 heavy (non-hydrogen) atoms. The van der Waals surface area contributed by atoms with Gasteiger partial charge in [0.05, 0.1) is 17.9 Å². The van der Waals surface area contributed by atoms with E-state index < -0.39 is 0 Å². The normalized spacial score (nSPS) is 13.4. The van der Waals surface area contributed by atoms with Crippen LogP contribution in [-0.2, 0) is 6.54 Å². The molecule has 2 N–H and O–H groups in total. The van der Waals surface area contributed by atoms with Crippen LogP contribution in [0.5, 0.6) is 5.75 Å². The van der Waals surface area contributed by atoms with Crippen LogP contribution in [0, 0.1) is 13.8 Å². The predicted octanol–water partition coefficient (Wildman–Crippen LogP) is 4.41. The van der Waals surface area contributed by atoms with E-state index in [2.05, 4.69) is 60.1 Å². The third-order valence-electron chi connectivity index (χ3n) is 4.50. The van der Waals surface area contributed by atoms with Gasteiger partial charge in [0.15, 0.2) is 5.13 Å². The number of nitrogens with two attached hydrogens (primary N) is 1. The second kappa shape index (κ2) is 6.41. The van der Waals surface area contributed by atoms with Crippen molar-refractivity contribution in [3.63, 3.8) is 0 Å². The first kappa shape index (κ1) is 16.0. The van der Waals surface area contributed by atoms with Gasteiger partial charge in [0.1, 0.15) is 12.4 Å². The lowest BCUT2D eigenvalue weighted by Crippen LogP contribution is -2.32. The quantitative estimate of drug-likeness (QED) is 0.759. The van der Waals surface area contributed by atoms with Gasteiger partial charge in [0.25, 0.3) is 0 Å². The topological polar surface area (TPSA) is 51.4 Å². The summed E-state index contributed by atoms with van der Waals surface area (Å²) in [7, 11) is 0. The predicted molar refractivity (Wildman–Crippen MR) is 104 cm³/mol. The number of nitrogen functional groups attached to an aromatic ring is 1. The third kappa shape index (κ3) is 3.20. The van der Waals surface area contributed by atoms with Gasteiger partial charge in [-0.05, 0) is 37.6 Å². The van der Waals surface area contributed by atoms with Crippen LogP contribution in [0.25, 0.3) is 11.3 Å². The molecule has 0 bridgehead atoms. The summed E-state index contributed by atoms with van der Waals surface area (Å²) < 4.78 is 5.85. The number of aromatic nitrogens is 1. The Labute approximate surface area is 151 Å². The number of benzene rings is 2. The van der Waals surface area contributed by atoms with Gasteiger partial charge in [-0.3, -0.25) is 0 Å². The number of hydrogen-bond acceptors (Lipinski definition) is 5. The first-order chi connectivity index (χ1) is 12.1. The van der Waals surface area contributed by atoms with E-state index in [4.69, 9.17) is 10.5 Å². The summed E-state index contributed by atoms with van der Waals surface area (Å²) in [6.07, 6.45) is 0. The Balaban J connectivity index is 1.68. The van der Waals surface area contributed by atoms with Gasteiger partial charge >= 0.3 is 0 Å². The van der Waals surface area contributed by atoms with Crippen molar-refractivity contribution < 1.29 is 4.74 Å². The number of fused-ring (bicyclic) bond motifs is 1. The van der Waals surface area contributed by atoms with E-state index in [1.165, 1.54) is 22.5 Å². The average Bonchev–Trinajstić information content (AvgIpc) is 2.95. The SMILES string of the molecule is Cc1ccc(CN2CCOc3ccc(-c4nc(N)sc4C)cc32)cc1. The molecule has 128 valence electrons. The zero-order valence-corrected chi connectivity index (χ0v) is 15.3. The summed E-state index contributed by atoms with van der Waals surface area (Å²) in [5, 5.41) is 0.609. The summed E-state index contributed by atoms with van der Waals surface area (Å²) in [5.41, 5.74) is 11.6. The Hall–Kier alpha value is -2.53. The highest BCUT2D eigenvalue weighted by Crippen LogP contribution is 2.38. The third-order valence-corrected chi connectivity index (χ3v) is 5.30. The first-order valence-corrected chi connectivity index (χ1v) is 9.22. The van der Waals surface area contributed by atoms with Gasteiger partial charge in [-0.2, -0.15) is 0 Å². The zero-order valence-electron chi connectivity index (χ0n) is 14.5. The summed E-state index contributed by atoms with van der Waals surface area (Å²) in [6.45, 7) is 6.63. The smallest absolute Gasteiger partial charge is 0.180 e. The fourth-order valence-electron chi connectivity index (χ4n) is 3.18. The van der Waals surface area contributed by atoms with Gasteiger partial charge < -0.3 is 15.4 Å². The zero-order chi connectivity index (χ0) is 17.4. The molecule has 4 rings (SSSR count). The highest BCUT2D eigenvalue weighted by atomic mass is 32.1. The number of nitrogens with zero attached hydrogens (tertiary/aromatic N) is 2. The van der Waals surface area contributed by atoms with Gasteiger partial charge in [-0.15, -0.1) is 11.3 Å². The Morgan fingerprint density at radius 1 is 1.16 bits per heavy atom. The second-order valence-corrected chi connectivity index (χ2v) is 7.63. The minimum Gasteiger partial charge on any atom is -0.490 e. The van der Waals surface area contributed by atoms with Crippen LogP contribution in [0.1, 0.15) is 16.0 Å². The summed E-state index contributed by atoms with van der Waals surface area (Å²) in [6, 6.07) is 15.0. The van der Waals surface area contributed by atoms with Crippen LogP contribution in [0.2, 0.25) is 0 Å². The average molecular weight is 351 g/mol. The Bertz CT molecular complexity index is 902. The van der Waals surface area contributed by atoms with Crippen molar-refractivity contribution >= 4 is 22.2 Å². The first-order valence-electron chi connectivity index (χ1n) is 8.41. The molecule has 1 aliphatic rings. The summed E-state index contributed by atoms with van der Waals surface area (Å²) in [4.78, 5) is 8.00. The second-order valence-electron chi connectivity index (χ2n) is 6.40. The number of anilines is 2. The molecule has 0 saturated heterocycles. The van der Waals surface area contributed by atoms with Crippen molar-refractivity contribution in [2.75, 3.05) is 23.8 Å². The highest BCUT2D eigenvalue weighted by Gasteiger charge is 2.20. The number of ether oxygens (including phenoxy) is 1. The molecule has 0 amide bonds. The molecule has 0 fully saturated rings. The fourth-order valence-corrected chi connectivity index (χ4v) is 3.89. The van der Waals surface area contributed by atoms with Gasteiger partial charge in [-0.1, -0.05) is 29.8 Å². The van der Waals surface area contributed by atoms with Gasteiger partial charge in [0.2, 0.25) is 0 Å². The molecule has 1 aliphatic heterocycles. The van der Waals surface area contributed by atoms with Gasteiger partial charge in [0, 0.05) is 17.0 Å². The molecule has 2 aromatic carbocycles. The number of hydrogen-bond donors (Lipinski definition) is 1.